The minimum Gasteiger partial charge on any atom is -0.497 e. The smallest absolute Gasteiger partial charge is 0.251 e. The quantitative estimate of drug-likeness (QED) is 0.699. The third-order valence-corrected chi connectivity index (χ3v) is 5.55. The molecule has 2 heterocycles. The topological polar surface area (TPSA) is 58.2 Å². The number of benzene rings is 2. The van der Waals surface area contributed by atoms with Gasteiger partial charge in [-0.05, 0) is 55.6 Å². The van der Waals surface area contributed by atoms with Gasteiger partial charge in [0.2, 0.25) is 0 Å². The van der Waals surface area contributed by atoms with Crippen molar-refractivity contribution in [3.63, 3.8) is 0 Å². The molecule has 1 aliphatic heterocycles. The number of aromatic nitrogens is 2. The molecule has 0 spiro atoms. The lowest BCUT2D eigenvalue weighted by atomic mass is 9.94. The van der Waals surface area contributed by atoms with Gasteiger partial charge < -0.3 is 9.72 Å². The number of piperidine rings is 1. The highest BCUT2D eigenvalue weighted by molar-refractivity contribution is 5.56. The van der Waals surface area contributed by atoms with Crippen molar-refractivity contribution in [2.24, 2.45) is 0 Å². The number of aromatic amines is 1. The van der Waals surface area contributed by atoms with E-state index in [2.05, 4.69) is 45.2 Å². The minimum atomic E-state index is -0.118. The SMILES string of the molecule is COc1cccc([C@H]2CCCCN2Cc2cccc(-c3nc(C)cc(=O)[nH]3)c2)c1. The summed E-state index contributed by atoms with van der Waals surface area (Å²) in [6, 6.07) is 18.6. The number of aryl methyl sites for hydroxylation is 1. The zero-order valence-corrected chi connectivity index (χ0v) is 17.0. The number of hydrogen-bond donors (Lipinski definition) is 1. The maximum Gasteiger partial charge on any atom is 0.251 e. The molecule has 3 aromatic rings. The summed E-state index contributed by atoms with van der Waals surface area (Å²) >= 11 is 0. The predicted molar refractivity (Wildman–Crippen MR) is 115 cm³/mol. The zero-order chi connectivity index (χ0) is 20.2. The Kier molecular flexibility index (Phi) is 5.76. The third-order valence-electron chi connectivity index (χ3n) is 5.55. The maximum atomic E-state index is 11.8. The molecule has 2 aromatic carbocycles. The number of nitrogens with zero attached hydrogens (tertiary/aromatic N) is 2. The molecule has 0 bridgehead atoms. The van der Waals surface area contributed by atoms with Gasteiger partial charge in [0, 0.05) is 29.9 Å². The van der Waals surface area contributed by atoms with Crippen molar-refractivity contribution < 1.29 is 4.74 Å². The van der Waals surface area contributed by atoms with E-state index in [1.807, 2.05) is 25.1 Å². The van der Waals surface area contributed by atoms with E-state index in [0.29, 0.717) is 11.9 Å². The van der Waals surface area contributed by atoms with Crippen molar-refractivity contribution in [2.75, 3.05) is 13.7 Å². The molecular formula is C24H27N3O2. The largest absolute Gasteiger partial charge is 0.497 e. The summed E-state index contributed by atoms with van der Waals surface area (Å²) in [5, 5.41) is 0. The van der Waals surface area contributed by atoms with E-state index in [1.54, 1.807) is 7.11 Å². The van der Waals surface area contributed by atoms with Gasteiger partial charge in [-0.1, -0.05) is 36.8 Å². The summed E-state index contributed by atoms with van der Waals surface area (Å²) < 4.78 is 5.43. The van der Waals surface area contributed by atoms with Gasteiger partial charge in [-0.25, -0.2) is 4.98 Å². The fourth-order valence-electron chi connectivity index (χ4n) is 4.17. The number of H-pyrrole nitrogens is 1. The molecule has 150 valence electrons. The van der Waals surface area contributed by atoms with Gasteiger partial charge in [-0.15, -0.1) is 0 Å². The van der Waals surface area contributed by atoms with Gasteiger partial charge in [0.25, 0.3) is 5.56 Å². The number of nitrogens with one attached hydrogen (secondary N) is 1. The molecule has 0 aliphatic carbocycles. The predicted octanol–water partition coefficient (Wildman–Crippen LogP) is 4.48. The Bertz CT molecular complexity index is 1040. The second-order valence-electron chi connectivity index (χ2n) is 7.69. The van der Waals surface area contributed by atoms with Gasteiger partial charge in [-0.2, -0.15) is 0 Å². The van der Waals surface area contributed by atoms with Crippen molar-refractivity contribution in [3.05, 3.63) is 81.8 Å². The lowest BCUT2D eigenvalue weighted by Gasteiger charge is -2.36. The van der Waals surface area contributed by atoms with Crippen LogP contribution in [0.25, 0.3) is 11.4 Å². The second kappa shape index (κ2) is 8.62. The van der Waals surface area contributed by atoms with E-state index in [0.717, 1.165) is 36.5 Å². The molecule has 1 saturated heterocycles. The van der Waals surface area contributed by atoms with Gasteiger partial charge in [0.05, 0.1) is 7.11 Å². The Balaban J connectivity index is 1.59. The molecule has 29 heavy (non-hydrogen) atoms. The van der Waals surface area contributed by atoms with Crippen LogP contribution in [0.2, 0.25) is 0 Å². The highest BCUT2D eigenvalue weighted by atomic mass is 16.5. The summed E-state index contributed by atoms with van der Waals surface area (Å²) in [5.74, 6) is 1.53. The van der Waals surface area contributed by atoms with E-state index in [1.165, 1.54) is 30.0 Å². The van der Waals surface area contributed by atoms with Gasteiger partial charge >= 0.3 is 0 Å². The van der Waals surface area contributed by atoms with Crippen molar-refractivity contribution >= 4 is 0 Å². The van der Waals surface area contributed by atoms with Crippen LogP contribution >= 0.6 is 0 Å². The summed E-state index contributed by atoms with van der Waals surface area (Å²) in [7, 11) is 1.72. The molecule has 4 rings (SSSR count). The maximum absolute atomic E-state index is 11.8. The molecule has 0 unspecified atom stereocenters. The molecule has 1 atom stereocenters. The number of hydrogen-bond acceptors (Lipinski definition) is 4. The van der Waals surface area contributed by atoms with Crippen LogP contribution in [0.1, 0.15) is 42.1 Å². The molecule has 1 N–H and O–H groups in total. The van der Waals surface area contributed by atoms with Crippen molar-refractivity contribution in [1.82, 2.24) is 14.9 Å². The van der Waals surface area contributed by atoms with Crippen molar-refractivity contribution in [2.45, 2.75) is 38.8 Å². The first-order valence-electron chi connectivity index (χ1n) is 10.2. The van der Waals surface area contributed by atoms with Crippen LogP contribution in [0.3, 0.4) is 0 Å². The Morgan fingerprint density at radius 3 is 2.83 bits per heavy atom. The average molecular weight is 389 g/mol. The average Bonchev–Trinajstić information content (AvgIpc) is 2.74. The Morgan fingerprint density at radius 1 is 1.14 bits per heavy atom. The number of rotatable bonds is 5. The fourth-order valence-corrected chi connectivity index (χ4v) is 4.17. The van der Waals surface area contributed by atoms with Crippen LogP contribution in [-0.4, -0.2) is 28.5 Å². The van der Waals surface area contributed by atoms with E-state index in [4.69, 9.17) is 4.74 Å². The number of likely N-dealkylation sites (tertiary alicyclic amines) is 1. The van der Waals surface area contributed by atoms with E-state index in [9.17, 15) is 4.79 Å². The van der Waals surface area contributed by atoms with Crippen LogP contribution in [0.4, 0.5) is 0 Å². The molecule has 5 nitrogen and oxygen atoms in total. The Morgan fingerprint density at radius 2 is 2.00 bits per heavy atom. The lowest BCUT2D eigenvalue weighted by Crippen LogP contribution is -2.32. The molecule has 1 fully saturated rings. The fraction of sp³-hybridized carbons (Fsp3) is 0.333. The number of ether oxygens (including phenoxy) is 1. The van der Waals surface area contributed by atoms with Crippen LogP contribution in [0, 0.1) is 6.92 Å². The first-order valence-corrected chi connectivity index (χ1v) is 10.2. The lowest BCUT2D eigenvalue weighted by molar-refractivity contribution is 0.140. The standard InChI is InChI=1S/C24H27N3O2/c1-17-13-23(28)26-24(25-17)20-9-5-7-18(14-20)16-27-12-4-3-11-22(27)19-8-6-10-21(15-19)29-2/h5-10,13-15,22H,3-4,11-12,16H2,1-2H3,(H,25,26,28)/t22-/m1/s1. The summed E-state index contributed by atoms with van der Waals surface area (Å²) in [6.07, 6.45) is 3.61. The monoisotopic (exact) mass is 389 g/mol. The summed E-state index contributed by atoms with van der Waals surface area (Å²) in [5.41, 5.74) is 4.08. The molecule has 0 saturated carbocycles. The van der Waals surface area contributed by atoms with E-state index >= 15 is 0 Å². The Hall–Kier alpha value is -2.92. The van der Waals surface area contributed by atoms with Crippen LogP contribution in [0.15, 0.2) is 59.4 Å². The molecule has 0 radical (unpaired) electrons. The molecule has 5 heteroatoms. The van der Waals surface area contributed by atoms with Crippen molar-refractivity contribution in [1.29, 1.82) is 0 Å². The number of methoxy groups -OCH3 is 1. The van der Waals surface area contributed by atoms with Crippen LogP contribution in [0.5, 0.6) is 5.75 Å². The normalized spacial score (nSPS) is 17.2. The van der Waals surface area contributed by atoms with E-state index in [-0.39, 0.29) is 5.56 Å². The van der Waals surface area contributed by atoms with Gasteiger partial charge in [0.15, 0.2) is 0 Å². The van der Waals surface area contributed by atoms with Crippen molar-refractivity contribution in [3.8, 4) is 17.1 Å². The molecule has 0 amide bonds. The van der Waals surface area contributed by atoms with Gasteiger partial charge in [0.1, 0.15) is 11.6 Å². The van der Waals surface area contributed by atoms with Gasteiger partial charge in [-0.3, -0.25) is 9.69 Å². The molecular weight excluding hydrogens is 362 g/mol. The molecule has 1 aromatic heterocycles. The zero-order valence-electron chi connectivity index (χ0n) is 17.0. The Labute approximate surface area is 171 Å². The third kappa shape index (κ3) is 4.57. The van der Waals surface area contributed by atoms with Crippen LogP contribution in [-0.2, 0) is 6.54 Å². The summed E-state index contributed by atoms with van der Waals surface area (Å²) in [4.78, 5) is 21.7. The second-order valence-corrected chi connectivity index (χ2v) is 7.69. The van der Waals surface area contributed by atoms with E-state index < -0.39 is 0 Å². The minimum absolute atomic E-state index is 0.118. The first-order chi connectivity index (χ1) is 14.1. The molecule has 1 aliphatic rings. The van der Waals surface area contributed by atoms with Crippen LogP contribution < -0.4 is 10.3 Å². The highest BCUT2D eigenvalue weighted by Crippen LogP contribution is 2.33. The first kappa shape index (κ1) is 19.4. The highest BCUT2D eigenvalue weighted by Gasteiger charge is 2.24. The summed E-state index contributed by atoms with van der Waals surface area (Å²) in [6.45, 7) is 3.78.